The highest BCUT2D eigenvalue weighted by Gasteiger charge is 2.35. The zero-order valence-electron chi connectivity index (χ0n) is 19.1. The standard InChI is InChI=1S/C26H24ClN3O2S/c1-14-6-7-15(2)22(10-14)30-25(32)21(24(31)28-26(30)33)12-19-11-17(4)29(18(19)5)23-13-20(27)9-8-16(23)3/h6-13H,1-5H3,(H,28,31,33)/b21-12+. The van der Waals surface area contributed by atoms with Gasteiger partial charge in [0.15, 0.2) is 5.11 Å². The van der Waals surface area contributed by atoms with E-state index in [2.05, 4.69) is 9.88 Å². The topological polar surface area (TPSA) is 54.3 Å². The molecule has 0 unspecified atom stereocenters. The second kappa shape index (κ2) is 8.61. The molecule has 0 aliphatic carbocycles. The minimum Gasteiger partial charge on any atom is -0.318 e. The van der Waals surface area contributed by atoms with E-state index in [0.29, 0.717) is 10.7 Å². The number of carbonyl (C=O) groups is 2. The summed E-state index contributed by atoms with van der Waals surface area (Å²) in [5, 5.41) is 3.39. The molecule has 4 rings (SSSR count). The van der Waals surface area contributed by atoms with Gasteiger partial charge in [-0.25, -0.2) is 0 Å². The first-order valence-corrected chi connectivity index (χ1v) is 11.3. The maximum Gasteiger partial charge on any atom is 0.270 e. The fourth-order valence-electron chi connectivity index (χ4n) is 4.12. The van der Waals surface area contributed by atoms with Crippen LogP contribution >= 0.6 is 23.8 Å². The molecule has 33 heavy (non-hydrogen) atoms. The molecule has 1 aromatic heterocycles. The number of anilines is 1. The molecule has 5 nitrogen and oxygen atoms in total. The van der Waals surface area contributed by atoms with Crippen molar-refractivity contribution in [3.05, 3.63) is 86.7 Å². The van der Waals surface area contributed by atoms with E-state index in [9.17, 15) is 9.59 Å². The Morgan fingerprint density at radius 3 is 2.30 bits per heavy atom. The van der Waals surface area contributed by atoms with E-state index in [0.717, 1.165) is 39.3 Å². The molecular weight excluding hydrogens is 454 g/mol. The molecule has 3 aromatic rings. The maximum absolute atomic E-state index is 13.5. The normalized spacial score (nSPS) is 15.4. The van der Waals surface area contributed by atoms with Gasteiger partial charge in [-0.2, -0.15) is 0 Å². The lowest BCUT2D eigenvalue weighted by atomic mass is 10.0. The van der Waals surface area contributed by atoms with E-state index in [4.69, 9.17) is 23.8 Å². The van der Waals surface area contributed by atoms with Crippen LogP contribution in [0.5, 0.6) is 0 Å². The Balaban J connectivity index is 1.81. The molecule has 0 radical (unpaired) electrons. The highest BCUT2D eigenvalue weighted by molar-refractivity contribution is 7.80. The number of benzene rings is 2. The molecule has 168 valence electrons. The third-order valence-corrected chi connectivity index (χ3v) is 6.41. The van der Waals surface area contributed by atoms with Crippen LogP contribution < -0.4 is 10.2 Å². The number of thiocarbonyl (C=S) groups is 1. The van der Waals surface area contributed by atoms with Crippen molar-refractivity contribution in [1.82, 2.24) is 9.88 Å². The quantitative estimate of drug-likeness (QED) is 0.307. The van der Waals surface area contributed by atoms with Crippen LogP contribution in [0.15, 0.2) is 48.0 Å². The predicted octanol–water partition coefficient (Wildman–Crippen LogP) is 5.50. The Labute approximate surface area is 203 Å². The van der Waals surface area contributed by atoms with Gasteiger partial charge in [-0.1, -0.05) is 29.8 Å². The highest BCUT2D eigenvalue weighted by Crippen LogP contribution is 2.29. The van der Waals surface area contributed by atoms with Crippen molar-refractivity contribution >= 4 is 52.5 Å². The first-order valence-electron chi connectivity index (χ1n) is 10.5. The fourth-order valence-corrected chi connectivity index (χ4v) is 4.56. The SMILES string of the molecule is Cc1ccc(C)c(N2C(=O)/C(=C/c3cc(C)n(-c4cc(Cl)ccc4C)c3C)C(=O)NC2=S)c1. The van der Waals surface area contributed by atoms with Crippen LogP contribution in [0.3, 0.4) is 0 Å². The van der Waals surface area contributed by atoms with Crippen LogP contribution in [0, 0.1) is 34.6 Å². The largest absolute Gasteiger partial charge is 0.318 e. The minimum absolute atomic E-state index is 0.0348. The number of aromatic nitrogens is 1. The summed E-state index contributed by atoms with van der Waals surface area (Å²) >= 11 is 11.6. The number of nitrogens with zero attached hydrogens (tertiary/aromatic N) is 2. The number of amides is 2. The highest BCUT2D eigenvalue weighted by atomic mass is 35.5. The second-order valence-electron chi connectivity index (χ2n) is 8.34. The number of nitrogens with one attached hydrogen (secondary N) is 1. The van der Waals surface area contributed by atoms with Crippen LogP contribution in [0.25, 0.3) is 11.8 Å². The van der Waals surface area contributed by atoms with Crippen molar-refractivity contribution in [2.45, 2.75) is 34.6 Å². The van der Waals surface area contributed by atoms with Gasteiger partial charge in [-0.15, -0.1) is 0 Å². The van der Waals surface area contributed by atoms with Gasteiger partial charge >= 0.3 is 0 Å². The number of halogens is 1. The summed E-state index contributed by atoms with van der Waals surface area (Å²) in [4.78, 5) is 27.6. The molecule has 0 saturated carbocycles. The third kappa shape index (κ3) is 4.12. The molecule has 7 heteroatoms. The average Bonchev–Trinajstić information content (AvgIpc) is 3.02. The van der Waals surface area contributed by atoms with Gasteiger partial charge in [0, 0.05) is 22.1 Å². The molecular formula is C26H24ClN3O2S. The Morgan fingerprint density at radius 2 is 1.58 bits per heavy atom. The predicted molar refractivity (Wildman–Crippen MR) is 137 cm³/mol. The van der Waals surface area contributed by atoms with Gasteiger partial charge in [0.2, 0.25) is 0 Å². The van der Waals surface area contributed by atoms with Gasteiger partial charge in [0.25, 0.3) is 11.8 Å². The zero-order valence-corrected chi connectivity index (χ0v) is 20.7. The lowest BCUT2D eigenvalue weighted by molar-refractivity contribution is -0.122. The first kappa shape index (κ1) is 23.0. The Hall–Kier alpha value is -3.22. The molecule has 1 aliphatic heterocycles. The van der Waals surface area contributed by atoms with E-state index in [1.54, 1.807) is 6.08 Å². The van der Waals surface area contributed by atoms with Crippen LogP contribution in [0.2, 0.25) is 5.02 Å². The maximum atomic E-state index is 13.5. The Bertz CT molecular complexity index is 1370. The van der Waals surface area contributed by atoms with Crippen LogP contribution in [-0.4, -0.2) is 21.5 Å². The summed E-state index contributed by atoms with van der Waals surface area (Å²) in [6, 6.07) is 13.5. The van der Waals surface area contributed by atoms with Crippen molar-refractivity contribution in [1.29, 1.82) is 0 Å². The molecule has 0 spiro atoms. The van der Waals surface area contributed by atoms with E-state index in [-0.39, 0.29) is 10.7 Å². The molecule has 1 saturated heterocycles. The lowest BCUT2D eigenvalue weighted by Crippen LogP contribution is -2.54. The number of hydrogen-bond acceptors (Lipinski definition) is 3. The van der Waals surface area contributed by atoms with Gasteiger partial charge in [0.05, 0.1) is 5.69 Å². The van der Waals surface area contributed by atoms with Gasteiger partial charge in [-0.05, 0) is 99.4 Å². The van der Waals surface area contributed by atoms with Crippen LogP contribution in [0.1, 0.15) is 33.6 Å². The summed E-state index contributed by atoms with van der Waals surface area (Å²) in [5.41, 5.74) is 7.25. The fraction of sp³-hybridized carbons (Fsp3) is 0.192. The second-order valence-corrected chi connectivity index (χ2v) is 9.16. The summed E-state index contributed by atoms with van der Waals surface area (Å²) in [6.07, 6.45) is 1.64. The van der Waals surface area contributed by atoms with E-state index in [1.165, 1.54) is 4.90 Å². The van der Waals surface area contributed by atoms with Crippen LogP contribution in [-0.2, 0) is 9.59 Å². The molecule has 2 amide bonds. The van der Waals surface area contributed by atoms with Crippen LogP contribution in [0.4, 0.5) is 5.69 Å². The van der Waals surface area contributed by atoms with E-state index in [1.807, 2.05) is 77.1 Å². The van der Waals surface area contributed by atoms with Crippen molar-refractivity contribution < 1.29 is 9.59 Å². The van der Waals surface area contributed by atoms with E-state index < -0.39 is 11.8 Å². The summed E-state index contributed by atoms with van der Waals surface area (Å²) in [7, 11) is 0. The zero-order chi connectivity index (χ0) is 24.0. The number of rotatable bonds is 3. The molecule has 0 bridgehead atoms. The lowest BCUT2D eigenvalue weighted by Gasteiger charge is -2.30. The number of aryl methyl sites for hydroxylation is 4. The Morgan fingerprint density at radius 1 is 0.909 bits per heavy atom. The van der Waals surface area contributed by atoms with Gasteiger partial charge in [0.1, 0.15) is 5.57 Å². The minimum atomic E-state index is -0.504. The molecule has 1 aliphatic rings. The Kier molecular flexibility index (Phi) is 5.99. The number of hydrogen-bond donors (Lipinski definition) is 1. The van der Waals surface area contributed by atoms with Crippen molar-refractivity contribution in [3.8, 4) is 5.69 Å². The monoisotopic (exact) mass is 477 g/mol. The molecule has 0 atom stereocenters. The summed E-state index contributed by atoms with van der Waals surface area (Å²) in [5.74, 6) is -0.948. The summed E-state index contributed by atoms with van der Waals surface area (Å²) in [6.45, 7) is 9.81. The van der Waals surface area contributed by atoms with Gasteiger partial charge in [-0.3, -0.25) is 19.8 Å². The van der Waals surface area contributed by atoms with Crippen molar-refractivity contribution in [3.63, 3.8) is 0 Å². The number of carbonyl (C=O) groups excluding carboxylic acids is 2. The molecule has 1 fully saturated rings. The molecule has 1 N–H and O–H groups in total. The molecule has 2 aromatic carbocycles. The summed E-state index contributed by atoms with van der Waals surface area (Å²) < 4.78 is 2.08. The van der Waals surface area contributed by atoms with Gasteiger partial charge < -0.3 is 4.57 Å². The molecule has 2 heterocycles. The third-order valence-electron chi connectivity index (χ3n) is 5.89. The van der Waals surface area contributed by atoms with Crippen molar-refractivity contribution in [2.75, 3.05) is 4.90 Å². The first-order chi connectivity index (χ1) is 15.6. The average molecular weight is 478 g/mol. The smallest absolute Gasteiger partial charge is 0.270 e. The van der Waals surface area contributed by atoms with Crippen molar-refractivity contribution in [2.24, 2.45) is 0 Å². The van der Waals surface area contributed by atoms with E-state index >= 15 is 0 Å².